The molecular formula is C12H15N3O. The van der Waals surface area contributed by atoms with Crippen molar-refractivity contribution in [1.82, 2.24) is 9.78 Å². The van der Waals surface area contributed by atoms with E-state index in [1.165, 1.54) is 0 Å². The summed E-state index contributed by atoms with van der Waals surface area (Å²) in [4.78, 5) is 0. The molecule has 3 N–H and O–H groups in total. The highest BCUT2D eigenvalue weighted by Gasteiger charge is 2.16. The zero-order valence-electron chi connectivity index (χ0n) is 9.38. The Bertz CT molecular complexity index is 487. The first-order valence-electron chi connectivity index (χ1n) is 5.11. The van der Waals surface area contributed by atoms with Crippen LogP contribution in [0.4, 0.5) is 5.82 Å². The fourth-order valence-corrected chi connectivity index (χ4v) is 1.60. The quantitative estimate of drug-likeness (QED) is 0.799. The largest absolute Gasteiger partial charge is 0.384 e. The predicted molar refractivity (Wildman–Crippen MR) is 62.9 cm³/mol. The molecule has 84 valence electrons. The second-order valence-electron chi connectivity index (χ2n) is 3.92. The summed E-state index contributed by atoms with van der Waals surface area (Å²) in [6.45, 7) is 2.01. The molecule has 1 atom stereocenters. The minimum absolute atomic E-state index is 0.494. The molecule has 0 saturated heterocycles. The third kappa shape index (κ3) is 1.79. The van der Waals surface area contributed by atoms with Crippen molar-refractivity contribution < 1.29 is 5.11 Å². The monoisotopic (exact) mass is 217 g/mol. The van der Waals surface area contributed by atoms with Gasteiger partial charge in [-0.3, -0.25) is 4.68 Å². The molecule has 0 aliphatic heterocycles. The van der Waals surface area contributed by atoms with E-state index in [-0.39, 0.29) is 0 Å². The second kappa shape index (κ2) is 3.98. The minimum atomic E-state index is -0.714. The number of hydrogen-bond acceptors (Lipinski definition) is 3. The zero-order valence-corrected chi connectivity index (χ0v) is 9.38. The van der Waals surface area contributed by atoms with Gasteiger partial charge in [-0.05, 0) is 12.5 Å². The summed E-state index contributed by atoms with van der Waals surface area (Å²) >= 11 is 0. The van der Waals surface area contributed by atoms with E-state index in [4.69, 9.17) is 5.73 Å². The topological polar surface area (TPSA) is 64.1 Å². The van der Waals surface area contributed by atoms with Gasteiger partial charge in [0, 0.05) is 12.6 Å². The van der Waals surface area contributed by atoms with Crippen molar-refractivity contribution in [1.29, 1.82) is 0 Å². The van der Waals surface area contributed by atoms with E-state index >= 15 is 0 Å². The number of aliphatic hydroxyl groups excluding tert-OH is 1. The number of benzene rings is 1. The molecule has 2 aromatic rings. The van der Waals surface area contributed by atoms with Crippen molar-refractivity contribution in [3.05, 3.63) is 47.2 Å². The van der Waals surface area contributed by atoms with E-state index in [0.29, 0.717) is 11.4 Å². The molecule has 0 saturated carbocycles. The third-order valence-corrected chi connectivity index (χ3v) is 2.70. The van der Waals surface area contributed by atoms with Gasteiger partial charge in [-0.1, -0.05) is 29.8 Å². The standard InChI is InChI=1S/C12H15N3O/c1-8-3-5-9(6-4-8)11(16)10-7-14-15(2)12(10)13/h3-7,11,16H,13H2,1-2H3. The van der Waals surface area contributed by atoms with Gasteiger partial charge in [-0.15, -0.1) is 0 Å². The molecular weight excluding hydrogens is 202 g/mol. The number of nitrogen functional groups attached to an aromatic ring is 1. The number of aliphatic hydroxyl groups is 1. The Morgan fingerprint density at radius 2 is 1.94 bits per heavy atom. The van der Waals surface area contributed by atoms with Crippen molar-refractivity contribution in [2.24, 2.45) is 7.05 Å². The van der Waals surface area contributed by atoms with Crippen molar-refractivity contribution in [3.63, 3.8) is 0 Å². The minimum Gasteiger partial charge on any atom is -0.384 e. The highest BCUT2D eigenvalue weighted by atomic mass is 16.3. The van der Waals surface area contributed by atoms with E-state index in [0.717, 1.165) is 11.1 Å². The van der Waals surface area contributed by atoms with Crippen LogP contribution in [0.1, 0.15) is 22.8 Å². The summed E-state index contributed by atoms with van der Waals surface area (Å²) in [7, 11) is 1.75. The number of aromatic nitrogens is 2. The molecule has 0 radical (unpaired) electrons. The SMILES string of the molecule is Cc1ccc(C(O)c2cnn(C)c2N)cc1. The third-order valence-electron chi connectivity index (χ3n) is 2.70. The van der Waals surface area contributed by atoms with Crippen molar-refractivity contribution in [2.75, 3.05) is 5.73 Å². The average molecular weight is 217 g/mol. The smallest absolute Gasteiger partial charge is 0.127 e. The van der Waals surface area contributed by atoms with Crippen LogP contribution in [0.5, 0.6) is 0 Å². The summed E-state index contributed by atoms with van der Waals surface area (Å²) in [5.41, 5.74) is 8.44. The molecule has 0 amide bonds. The molecule has 0 spiro atoms. The maximum Gasteiger partial charge on any atom is 0.127 e. The van der Waals surface area contributed by atoms with Gasteiger partial charge in [0.25, 0.3) is 0 Å². The predicted octanol–water partition coefficient (Wildman–Crippen LogP) is 1.39. The number of hydrogen-bond donors (Lipinski definition) is 2. The Kier molecular flexibility index (Phi) is 2.66. The Labute approximate surface area is 94.3 Å². The van der Waals surface area contributed by atoms with E-state index in [1.807, 2.05) is 31.2 Å². The number of rotatable bonds is 2. The van der Waals surface area contributed by atoms with E-state index in [9.17, 15) is 5.11 Å². The fourth-order valence-electron chi connectivity index (χ4n) is 1.60. The van der Waals surface area contributed by atoms with Crippen LogP contribution < -0.4 is 5.73 Å². The number of nitrogens with two attached hydrogens (primary N) is 1. The summed E-state index contributed by atoms with van der Waals surface area (Å²) < 4.78 is 1.55. The second-order valence-corrected chi connectivity index (χ2v) is 3.92. The molecule has 0 fully saturated rings. The maximum atomic E-state index is 10.1. The van der Waals surface area contributed by atoms with E-state index in [1.54, 1.807) is 17.9 Å². The Morgan fingerprint density at radius 3 is 2.44 bits per heavy atom. The summed E-state index contributed by atoms with van der Waals surface area (Å²) in [5, 5.41) is 14.2. The van der Waals surface area contributed by atoms with Gasteiger partial charge >= 0.3 is 0 Å². The summed E-state index contributed by atoms with van der Waals surface area (Å²) in [6.07, 6.45) is 0.883. The molecule has 0 aliphatic carbocycles. The van der Waals surface area contributed by atoms with Crippen LogP contribution in [-0.4, -0.2) is 14.9 Å². The molecule has 0 bridgehead atoms. The number of nitrogens with zero attached hydrogens (tertiary/aromatic N) is 2. The fraction of sp³-hybridized carbons (Fsp3) is 0.250. The molecule has 4 heteroatoms. The van der Waals surface area contributed by atoms with Crippen LogP contribution >= 0.6 is 0 Å². The van der Waals surface area contributed by atoms with Gasteiger partial charge in [0.1, 0.15) is 11.9 Å². The first kappa shape index (κ1) is 10.7. The van der Waals surface area contributed by atoms with Crippen LogP contribution in [0.3, 0.4) is 0 Å². The molecule has 1 heterocycles. The molecule has 1 unspecified atom stereocenters. The van der Waals surface area contributed by atoms with Gasteiger partial charge in [0.2, 0.25) is 0 Å². The molecule has 0 aliphatic rings. The highest BCUT2D eigenvalue weighted by molar-refractivity contribution is 5.44. The molecule has 1 aromatic carbocycles. The highest BCUT2D eigenvalue weighted by Crippen LogP contribution is 2.25. The summed E-state index contributed by atoms with van der Waals surface area (Å²) in [5.74, 6) is 0.494. The lowest BCUT2D eigenvalue weighted by Gasteiger charge is -2.10. The van der Waals surface area contributed by atoms with E-state index in [2.05, 4.69) is 5.10 Å². The van der Waals surface area contributed by atoms with Crippen molar-refractivity contribution in [3.8, 4) is 0 Å². The lowest BCUT2D eigenvalue weighted by Crippen LogP contribution is -2.04. The normalized spacial score (nSPS) is 12.7. The van der Waals surface area contributed by atoms with Gasteiger partial charge < -0.3 is 10.8 Å². The van der Waals surface area contributed by atoms with Crippen LogP contribution in [-0.2, 0) is 7.05 Å². The van der Waals surface area contributed by atoms with Crippen LogP contribution in [0, 0.1) is 6.92 Å². The maximum absolute atomic E-state index is 10.1. The van der Waals surface area contributed by atoms with Gasteiger partial charge in [-0.2, -0.15) is 5.10 Å². The number of aryl methyl sites for hydroxylation is 2. The van der Waals surface area contributed by atoms with Gasteiger partial charge in [0.15, 0.2) is 0 Å². The van der Waals surface area contributed by atoms with Crippen LogP contribution in [0.15, 0.2) is 30.5 Å². The first-order chi connectivity index (χ1) is 7.59. The van der Waals surface area contributed by atoms with Gasteiger partial charge in [-0.25, -0.2) is 0 Å². The van der Waals surface area contributed by atoms with Crippen LogP contribution in [0.2, 0.25) is 0 Å². The lowest BCUT2D eigenvalue weighted by atomic mass is 10.0. The Morgan fingerprint density at radius 1 is 1.31 bits per heavy atom. The lowest BCUT2D eigenvalue weighted by molar-refractivity contribution is 0.221. The Balaban J connectivity index is 2.35. The van der Waals surface area contributed by atoms with Crippen molar-refractivity contribution in [2.45, 2.75) is 13.0 Å². The van der Waals surface area contributed by atoms with Crippen molar-refractivity contribution >= 4 is 5.82 Å². The molecule has 2 rings (SSSR count). The van der Waals surface area contributed by atoms with Crippen LogP contribution in [0.25, 0.3) is 0 Å². The molecule has 16 heavy (non-hydrogen) atoms. The molecule has 1 aromatic heterocycles. The summed E-state index contributed by atoms with van der Waals surface area (Å²) in [6, 6.07) is 7.72. The first-order valence-corrected chi connectivity index (χ1v) is 5.11. The van der Waals surface area contributed by atoms with E-state index < -0.39 is 6.10 Å². The number of anilines is 1. The Hall–Kier alpha value is -1.81. The average Bonchev–Trinajstić information content (AvgIpc) is 2.60. The van der Waals surface area contributed by atoms with Gasteiger partial charge in [0.05, 0.1) is 6.20 Å². The molecule has 4 nitrogen and oxygen atoms in total. The zero-order chi connectivity index (χ0) is 11.7.